The van der Waals surface area contributed by atoms with Crippen molar-refractivity contribution >= 4 is 29.0 Å². The van der Waals surface area contributed by atoms with Gasteiger partial charge in [0.1, 0.15) is 18.1 Å². The maximum absolute atomic E-state index is 12.8. The highest BCUT2D eigenvalue weighted by Gasteiger charge is 2.16. The Morgan fingerprint density at radius 1 is 1.03 bits per heavy atom. The SMILES string of the molecule is CCC(C)c1ccc(OCc2ccc(C(=O)Nc3cc(Sc4ccc(C)cc4)cc([N+](=O)[O-])c3)o2)cc1. The fourth-order valence-electron chi connectivity index (χ4n) is 3.62. The second kappa shape index (κ2) is 11.8. The van der Waals surface area contributed by atoms with Gasteiger partial charge in [0.2, 0.25) is 0 Å². The molecule has 8 heteroatoms. The Morgan fingerprint density at radius 2 is 1.76 bits per heavy atom. The normalized spacial score (nSPS) is 11.6. The lowest BCUT2D eigenvalue weighted by Gasteiger charge is -2.10. The summed E-state index contributed by atoms with van der Waals surface area (Å²) in [7, 11) is 0. The predicted octanol–water partition coefficient (Wildman–Crippen LogP) is 7.99. The molecule has 0 bridgehead atoms. The lowest BCUT2D eigenvalue weighted by molar-refractivity contribution is -0.385. The first-order valence-corrected chi connectivity index (χ1v) is 12.8. The molecule has 0 aliphatic carbocycles. The van der Waals surface area contributed by atoms with Gasteiger partial charge in [-0.1, -0.05) is 55.4 Å². The van der Waals surface area contributed by atoms with Gasteiger partial charge < -0.3 is 14.5 Å². The molecule has 0 radical (unpaired) electrons. The number of benzene rings is 3. The molecule has 1 N–H and O–H groups in total. The van der Waals surface area contributed by atoms with Gasteiger partial charge in [0, 0.05) is 27.6 Å². The number of carbonyl (C=O) groups is 1. The van der Waals surface area contributed by atoms with Crippen molar-refractivity contribution in [3.05, 3.63) is 112 Å². The van der Waals surface area contributed by atoms with Crippen molar-refractivity contribution in [1.29, 1.82) is 0 Å². The molecule has 1 aromatic heterocycles. The Labute approximate surface area is 220 Å². The van der Waals surface area contributed by atoms with Crippen LogP contribution < -0.4 is 10.1 Å². The van der Waals surface area contributed by atoms with Crippen molar-refractivity contribution in [2.24, 2.45) is 0 Å². The van der Waals surface area contributed by atoms with Gasteiger partial charge in [-0.25, -0.2) is 0 Å². The molecule has 0 fully saturated rings. The Bertz CT molecular complexity index is 1380. The van der Waals surface area contributed by atoms with Crippen LogP contribution >= 0.6 is 11.8 Å². The van der Waals surface area contributed by atoms with Crippen LogP contribution in [0, 0.1) is 17.0 Å². The minimum absolute atomic E-state index is 0.0879. The van der Waals surface area contributed by atoms with Crippen LogP contribution in [0.1, 0.15) is 53.6 Å². The zero-order valence-corrected chi connectivity index (χ0v) is 21.7. The van der Waals surface area contributed by atoms with Crippen molar-refractivity contribution in [3.8, 4) is 5.75 Å². The number of carbonyl (C=O) groups excluding carboxylic acids is 1. The first-order valence-electron chi connectivity index (χ1n) is 12.0. The van der Waals surface area contributed by atoms with Crippen LogP contribution in [0.25, 0.3) is 0 Å². The third-order valence-corrected chi connectivity index (χ3v) is 6.92. The van der Waals surface area contributed by atoms with E-state index in [1.54, 1.807) is 18.2 Å². The number of nitrogens with one attached hydrogen (secondary N) is 1. The Hall–Kier alpha value is -4.04. The number of nitro benzene ring substituents is 1. The second-order valence-electron chi connectivity index (χ2n) is 8.77. The number of aryl methyl sites for hydroxylation is 1. The number of rotatable bonds is 10. The molecule has 190 valence electrons. The molecule has 0 saturated heterocycles. The van der Waals surface area contributed by atoms with E-state index in [0.717, 1.165) is 16.9 Å². The molecule has 0 spiro atoms. The van der Waals surface area contributed by atoms with Gasteiger partial charge in [-0.2, -0.15) is 0 Å². The topological polar surface area (TPSA) is 94.6 Å². The molecule has 1 heterocycles. The van der Waals surface area contributed by atoms with Gasteiger partial charge in [-0.3, -0.25) is 14.9 Å². The zero-order chi connectivity index (χ0) is 26.4. The summed E-state index contributed by atoms with van der Waals surface area (Å²) in [6.45, 7) is 6.50. The van der Waals surface area contributed by atoms with Crippen LogP contribution in [-0.2, 0) is 6.61 Å². The summed E-state index contributed by atoms with van der Waals surface area (Å²) in [6.07, 6.45) is 1.07. The molecule has 0 saturated carbocycles. The third-order valence-electron chi connectivity index (χ3n) is 5.94. The molecular formula is C29H28N2O5S. The average Bonchev–Trinajstić information content (AvgIpc) is 3.38. The quantitative estimate of drug-likeness (QED) is 0.170. The van der Waals surface area contributed by atoms with E-state index >= 15 is 0 Å². The third kappa shape index (κ3) is 7.01. The first kappa shape index (κ1) is 26.0. The van der Waals surface area contributed by atoms with E-state index in [1.807, 2.05) is 43.3 Å². The van der Waals surface area contributed by atoms with Gasteiger partial charge in [-0.05, 0) is 67.3 Å². The van der Waals surface area contributed by atoms with Crippen molar-refractivity contribution in [2.75, 3.05) is 5.32 Å². The minimum atomic E-state index is -0.504. The van der Waals surface area contributed by atoms with E-state index in [1.165, 1.54) is 29.5 Å². The largest absolute Gasteiger partial charge is 0.486 e. The van der Waals surface area contributed by atoms with E-state index < -0.39 is 10.8 Å². The van der Waals surface area contributed by atoms with Crippen molar-refractivity contribution in [1.82, 2.24) is 0 Å². The van der Waals surface area contributed by atoms with Crippen molar-refractivity contribution in [2.45, 2.75) is 49.5 Å². The van der Waals surface area contributed by atoms with Crippen LogP contribution in [0.3, 0.4) is 0 Å². The summed E-state index contributed by atoms with van der Waals surface area (Å²) < 4.78 is 11.4. The van der Waals surface area contributed by atoms with Crippen LogP contribution in [0.15, 0.2) is 93.1 Å². The molecule has 1 atom stereocenters. The van der Waals surface area contributed by atoms with Gasteiger partial charge in [-0.15, -0.1) is 0 Å². The maximum atomic E-state index is 12.8. The summed E-state index contributed by atoms with van der Waals surface area (Å²) >= 11 is 1.38. The fourth-order valence-corrected chi connectivity index (χ4v) is 4.53. The van der Waals surface area contributed by atoms with Gasteiger partial charge in [0.15, 0.2) is 5.76 Å². The average molecular weight is 517 g/mol. The number of nitrogens with zero attached hydrogens (tertiary/aromatic N) is 1. The number of amides is 1. The molecule has 7 nitrogen and oxygen atoms in total. The first-order chi connectivity index (χ1) is 17.8. The lowest BCUT2D eigenvalue weighted by atomic mass is 9.99. The molecule has 1 amide bonds. The highest BCUT2D eigenvalue weighted by molar-refractivity contribution is 7.99. The van der Waals surface area contributed by atoms with Gasteiger partial charge in [0.05, 0.1) is 4.92 Å². The van der Waals surface area contributed by atoms with E-state index in [2.05, 4.69) is 31.3 Å². The fraction of sp³-hybridized carbons (Fsp3) is 0.207. The molecule has 3 aromatic carbocycles. The number of hydrogen-bond acceptors (Lipinski definition) is 6. The summed E-state index contributed by atoms with van der Waals surface area (Å²) in [5, 5.41) is 14.2. The van der Waals surface area contributed by atoms with Crippen molar-refractivity contribution in [3.63, 3.8) is 0 Å². The molecule has 0 aliphatic rings. The van der Waals surface area contributed by atoms with Crippen LogP contribution in [0.5, 0.6) is 5.75 Å². The molecule has 4 rings (SSSR count). The Balaban J connectivity index is 1.41. The molecule has 0 aliphatic heterocycles. The number of ether oxygens (including phenoxy) is 1. The second-order valence-corrected chi connectivity index (χ2v) is 9.92. The minimum Gasteiger partial charge on any atom is -0.486 e. The standard InChI is InChI=1S/C29H28N2O5S/c1-4-20(3)21-7-9-24(10-8-21)35-18-25-11-14-28(36-25)29(32)30-22-15-23(31(33)34)17-27(16-22)37-26-12-5-19(2)6-13-26/h5-17,20H,4,18H2,1-3H3,(H,30,32). The van der Waals surface area contributed by atoms with Crippen LogP contribution in [-0.4, -0.2) is 10.8 Å². The number of non-ortho nitro benzene ring substituents is 1. The van der Waals surface area contributed by atoms with E-state index in [4.69, 9.17) is 9.15 Å². The van der Waals surface area contributed by atoms with Crippen LogP contribution in [0.2, 0.25) is 0 Å². The number of nitro groups is 1. The number of anilines is 1. The highest BCUT2D eigenvalue weighted by atomic mass is 32.2. The van der Waals surface area contributed by atoms with Crippen LogP contribution in [0.4, 0.5) is 11.4 Å². The number of furan rings is 1. The van der Waals surface area contributed by atoms with Gasteiger partial charge >= 0.3 is 0 Å². The maximum Gasteiger partial charge on any atom is 0.291 e. The smallest absolute Gasteiger partial charge is 0.291 e. The van der Waals surface area contributed by atoms with E-state index in [0.29, 0.717) is 28.0 Å². The molecular weight excluding hydrogens is 488 g/mol. The summed E-state index contributed by atoms with van der Waals surface area (Å²) in [4.78, 5) is 25.4. The number of hydrogen-bond donors (Lipinski definition) is 1. The zero-order valence-electron chi connectivity index (χ0n) is 20.9. The highest BCUT2D eigenvalue weighted by Crippen LogP contribution is 2.33. The Kier molecular flexibility index (Phi) is 8.30. The predicted molar refractivity (Wildman–Crippen MR) is 145 cm³/mol. The van der Waals surface area contributed by atoms with E-state index in [9.17, 15) is 14.9 Å². The summed E-state index contributed by atoms with van der Waals surface area (Å²) in [5.74, 6) is 1.28. The summed E-state index contributed by atoms with van der Waals surface area (Å²) in [5.41, 5.74) is 2.58. The van der Waals surface area contributed by atoms with Crippen molar-refractivity contribution < 1.29 is 18.9 Å². The van der Waals surface area contributed by atoms with E-state index in [-0.39, 0.29) is 18.1 Å². The molecule has 4 aromatic rings. The monoisotopic (exact) mass is 516 g/mol. The molecule has 1 unspecified atom stereocenters. The molecule has 37 heavy (non-hydrogen) atoms. The Morgan fingerprint density at radius 3 is 2.43 bits per heavy atom. The van der Waals surface area contributed by atoms with Gasteiger partial charge in [0.25, 0.3) is 11.6 Å². The summed E-state index contributed by atoms with van der Waals surface area (Å²) in [6, 6.07) is 23.5. The lowest BCUT2D eigenvalue weighted by Crippen LogP contribution is -2.11.